The number of carbonyl (C=O) groups excluding carboxylic acids is 3. The van der Waals surface area contributed by atoms with E-state index in [2.05, 4.69) is 135 Å². The van der Waals surface area contributed by atoms with Crippen LogP contribution in [0.2, 0.25) is 0 Å². The predicted octanol–water partition coefficient (Wildman–Crippen LogP) is 20.2. The normalized spacial score (nSPS) is 13.5. The number of unbranched alkanes of at least 4 members (excludes halogenated alkanes) is 28. The average Bonchev–Trinajstić information content (AvgIpc) is 3.49. The number of quaternary nitrogens is 1. The van der Waals surface area contributed by atoms with E-state index in [1.165, 1.54) is 128 Å². The van der Waals surface area contributed by atoms with Crippen molar-refractivity contribution in [1.29, 1.82) is 0 Å². The van der Waals surface area contributed by atoms with Crippen LogP contribution in [0.4, 0.5) is 0 Å². The van der Waals surface area contributed by atoms with Gasteiger partial charge in [-0.05, 0) is 103 Å². The molecule has 9 heteroatoms. The van der Waals surface area contributed by atoms with E-state index in [1.54, 1.807) is 0 Å². The molecule has 2 unspecified atom stereocenters. The molecule has 85 heavy (non-hydrogen) atoms. The first-order valence-corrected chi connectivity index (χ1v) is 34.7. The van der Waals surface area contributed by atoms with Crippen LogP contribution >= 0.6 is 0 Å². The van der Waals surface area contributed by atoms with E-state index in [0.29, 0.717) is 17.4 Å². The summed E-state index contributed by atoms with van der Waals surface area (Å²) in [7, 11) is 5.92. The molecule has 0 radical (unpaired) electrons. The highest BCUT2D eigenvalue weighted by Gasteiger charge is 2.22. The number of rotatable bonds is 63. The van der Waals surface area contributed by atoms with Crippen molar-refractivity contribution < 1.29 is 42.9 Å². The molecule has 0 amide bonds. The molecule has 0 spiro atoms. The quantitative estimate of drug-likeness (QED) is 0.0195. The molecule has 0 aliphatic rings. The smallest absolute Gasteiger partial charge is 0.306 e. The molecule has 0 heterocycles. The van der Waals surface area contributed by atoms with E-state index in [9.17, 15) is 19.5 Å². The van der Waals surface area contributed by atoms with Gasteiger partial charge in [-0.15, -0.1) is 0 Å². The summed E-state index contributed by atoms with van der Waals surface area (Å²) >= 11 is 0. The number of hydrogen-bond acceptors (Lipinski definition) is 8. The Morgan fingerprint density at radius 1 is 0.353 bits per heavy atom. The van der Waals surface area contributed by atoms with Crippen LogP contribution in [0.25, 0.3) is 0 Å². The van der Waals surface area contributed by atoms with Crippen molar-refractivity contribution >= 4 is 17.9 Å². The van der Waals surface area contributed by atoms with Crippen LogP contribution in [-0.2, 0) is 33.3 Å². The van der Waals surface area contributed by atoms with Gasteiger partial charge in [-0.25, -0.2) is 0 Å². The van der Waals surface area contributed by atoms with Crippen LogP contribution in [0.3, 0.4) is 0 Å². The molecule has 0 saturated heterocycles. The molecule has 0 aliphatic heterocycles. The standard InChI is InChI=1S/C76H129NO8/c1-6-8-10-12-14-16-18-20-22-24-26-27-28-29-30-31-32-33-34-35-36-37-38-39-40-41-42-43-44-45-46-47-49-51-53-55-57-59-61-63-65-67-74(79)85-72(71-84-76(75(80)81)82-69-68-77(3,4)5)70-83-73(78)66-64-62-60-58-56-54-52-50-48-25-23-21-19-17-15-13-11-9-7-2/h8-11,14-17,20-23,26-27,29-30,32-33,48,50,72,76H,6-7,12-13,18-19,24-25,28,31,34-47,49,51-71H2,1-5H3/b10-8-,11-9-,16-14-,17-15-,22-20-,23-21-,27-26-,30-29-,33-32-,50-48-. The Labute approximate surface area is 523 Å². The predicted molar refractivity (Wildman–Crippen MR) is 361 cm³/mol. The van der Waals surface area contributed by atoms with Crippen LogP contribution in [0.15, 0.2) is 122 Å². The molecular weight excluding hydrogens is 1050 g/mol. The van der Waals surface area contributed by atoms with Gasteiger partial charge in [0, 0.05) is 12.8 Å². The summed E-state index contributed by atoms with van der Waals surface area (Å²) in [6.45, 7) is 4.52. The first-order chi connectivity index (χ1) is 41.6. The Kier molecular flexibility index (Phi) is 62.3. The Hall–Kier alpha value is -4.31. The number of likely N-dealkylation sites (N-methyl/N-ethyl adjacent to an activating group) is 1. The van der Waals surface area contributed by atoms with Crippen molar-refractivity contribution in [3.8, 4) is 0 Å². The van der Waals surface area contributed by atoms with E-state index >= 15 is 0 Å². The number of carboxylic acids is 1. The Morgan fingerprint density at radius 3 is 0.941 bits per heavy atom. The van der Waals surface area contributed by atoms with Crippen LogP contribution in [0, 0.1) is 0 Å². The monoisotopic (exact) mass is 1180 g/mol. The second-order valence-corrected chi connectivity index (χ2v) is 24.1. The van der Waals surface area contributed by atoms with Gasteiger partial charge in [-0.2, -0.15) is 0 Å². The zero-order valence-corrected chi connectivity index (χ0v) is 55.4. The second-order valence-electron chi connectivity index (χ2n) is 24.1. The first kappa shape index (κ1) is 80.7. The van der Waals surface area contributed by atoms with Gasteiger partial charge >= 0.3 is 11.9 Å². The zero-order chi connectivity index (χ0) is 61.9. The molecule has 0 aromatic rings. The molecule has 0 aromatic heterocycles. The number of hydrogen-bond donors (Lipinski definition) is 0. The lowest BCUT2D eigenvalue weighted by Crippen LogP contribution is -2.44. The highest BCUT2D eigenvalue weighted by atomic mass is 16.7. The molecule has 0 rings (SSSR count). The van der Waals surface area contributed by atoms with Crippen molar-refractivity contribution in [2.24, 2.45) is 0 Å². The number of ether oxygens (including phenoxy) is 4. The highest BCUT2D eigenvalue weighted by molar-refractivity contribution is 5.70. The third-order valence-corrected chi connectivity index (χ3v) is 14.7. The molecule has 0 fully saturated rings. The molecule has 486 valence electrons. The molecule has 0 saturated carbocycles. The molecule has 0 aliphatic carbocycles. The fourth-order valence-electron chi connectivity index (χ4n) is 9.47. The van der Waals surface area contributed by atoms with E-state index in [0.717, 1.165) is 122 Å². The van der Waals surface area contributed by atoms with Crippen LogP contribution < -0.4 is 5.11 Å². The van der Waals surface area contributed by atoms with E-state index in [4.69, 9.17) is 18.9 Å². The summed E-state index contributed by atoms with van der Waals surface area (Å²) in [5, 5.41) is 11.8. The number of carboxylic acid groups (broad SMARTS) is 1. The third-order valence-electron chi connectivity index (χ3n) is 14.7. The number of allylic oxidation sites excluding steroid dienone is 20. The minimum atomic E-state index is -1.63. The number of nitrogens with zero attached hydrogens (tertiary/aromatic N) is 1. The Balaban J connectivity index is 4.02. The Bertz CT molecular complexity index is 1810. The minimum Gasteiger partial charge on any atom is -0.545 e. The van der Waals surface area contributed by atoms with Crippen molar-refractivity contribution in [2.75, 3.05) is 47.5 Å². The van der Waals surface area contributed by atoms with Crippen molar-refractivity contribution in [3.05, 3.63) is 122 Å². The molecule has 0 aromatic carbocycles. The first-order valence-electron chi connectivity index (χ1n) is 34.7. The minimum absolute atomic E-state index is 0.142. The van der Waals surface area contributed by atoms with Gasteiger partial charge < -0.3 is 33.3 Å². The maximum atomic E-state index is 12.9. The molecule has 0 N–H and O–H groups in total. The SMILES string of the molecule is CC/C=C\C/C=C\C/C=C\C/C=C\C/C=C\C/C=C\CCCCCCCCCCCCCCCCCCCCCCCCC(=O)OC(COC(=O)CCCCCCCC/C=C\C/C=C\C/C=C\C/C=C\CC)COC(OCC[N+](C)(C)C)C(=O)[O-]. The van der Waals surface area contributed by atoms with E-state index < -0.39 is 24.3 Å². The maximum absolute atomic E-state index is 12.9. The van der Waals surface area contributed by atoms with Crippen molar-refractivity contribution in [3.63, 3.8) is 0 Å². The lowest BCUT2D eigenvalue weighted by Gasteiger charge is -2.26. The van der Waals surface area contributed by atoms with Gasteiger partial charge in [0.1, 0.15) is 13.2 Å². The van der Waals surface area contributed by atoms with Gasteiger partial charge in [-0.1, -0.05) is 289 Å². The van der Waals surface area contributed by atoms with Gasteiger partial charge in [0.2, 0.25) is 0 Å². The second kappa shape index (κ2) is 65.7. The Morgan fingerprint density at radius 2 is 0.635 bits per heavy atom. The molecule has 9 nitrogen and oxygen atoms in total. The average molecular weight is 1180 g/mol. The highest BCUT2D eigenvalue weighted by Crippen LogP contribution is 2.17. The maximum Gasteiger partial charge on any atom is 0.306 e. The molecule has 0 bridgehead atoms. The molecular formula is C76H129NO8. The van der Waals surface area contributed by atoms with Gasteiger partial charge in [0.15, 0.2) is 12.4 Å². The summed E-state index contributed by atoms with van der Waals surface area (Å²) in [5.74, 6) is -2.30. The van der Waals surface area contributed by atoms with Crippen LogP contribution in [0.5, 0.6) is 0 Å². The van der Waals surface area contributed by atoms with Gasteiger partial charge in [0.25, 0.3) is 0 Å². The van der Waals surface area contributed by atoms with Gasteiger partial charge in [-0.3, -0.25) is 9.59 Å². The fraction of sp³-hybridized carbons (Fsp3) is 0.697. The summed E-state index contributed by atoms with van der Waals surface area (Å²) in [6, 6.07) is 0. The summed E-state index contributed by atoms with van der Waals surface area (Å²) in [5.41, 5.74) is 0. The molecule has 2 atom stereocenters. The van der Waals surface area contributed by atoms with Gasteiger partial charge in [0.05, 0.1) is 40.3 Å². The van der Waals surface area contributed by atoms with Crippen LogP contribution in [-0.4, -0.2) is 82.3 Å². The van der Waals surface area contributed by atoms with Crippen molar-refractivity contribution in [2.45, 2.75) is 296 Å². The summed E-state index contributed by atoms with van der Waals surface area (Å²) < 4.78 is 22.8. The number of esters is 2. The van der Waals surface area contributed by atoms with Crippen LogP contribution in [0.1, 0.15) is 284 Å². The zero-order valence-electron chi connectivity index (χ0n) is 55.4. The topological polar surface area (TPSA) is 111 Å². The fourth-order valence-corrected chi connectivity index (χ4v) is 9.47. The summed E-state index contributed by atoms with van der Waals surface area (Å²) in [6.07, 6.45) is 90.0. The largest absolute Gasteiger partial charge is 0.545 e. The van der Waals surface area contributed by atoms with E-state index in [-0.39, 0.29) is 38.6 Å². The number of carbonyl (C=O) groups is 3. The van der Waals surface area contributed by atoms with Crippen molar-refractivity contribution in [1.82, 2.24) is 0 Å². The third kappa shape index (κ3) is 67.1. The summed E-state index contributed by atoms with van der Waals surface area (Å²) in [4.78, 5) is 37.4. The number of aliphatic carboxylic acids is 1. The lowest BCUT2D eigenvalue weighted by molar-refractivity contribution is -0.870. The lowest BCUT2D eigenvalue weighted by atomic mass is 10.0. The van der Waals surface area contributed by atoms with E-state index in [1.807, 2.05) is 21.1 Å².